The first-order valence-electron chi connectivity index (χ1n) is 13.9. The van der Waals surface area contributed by atoms with E-state index in [9.17, 15) is 13.7 Å². The van der Waals surface area contributed by atoms with E-state index in [1.165, 1.54) is 16.2 Å². The van der Waals surface area contributed by atoms with Gasteiger partial charge in [0.15, 0.2) is 5.65 Å². The van der Waals surface area contributed by atoms with Crippen LogP contribution in [-0.2, 0) is 22.2 Å². The van der Waals surface area contributed by atoms with Crippen LogP contribution in [0.5, 0.6) is 0 Å². The van der Waals surface area contributed by atoms with E-state index in [-0.39, 0.29) is 29.6 Å². The minimum absolute atomic E-state index is 0.120. The number of hydrogen-bond donors (Lipinski definition) is 1. The van der Waals surface area contributed by atoms with E-state index in [0.29, 0.717) is 33.6 Å². The average Bonchev–Trinajstić information content (AvgIpc) is 3.43. The van der Waals surface area contributed by atoms with Crippen molar-refractivity contribution in [1.82, 2.24) is 18.8 Å². The number of aromatic nitrogens is 3. The molecule has 1 aliphatic rings. The number of anilines is 3. The lowest BCUT2D eigenvalue weighted by Crippen LogP contribution is -2.44. The van der Waals surface area contributed by atoms with Gasteiger partial charge in [-0.25, -0.2) is 21.8 Å². The highest BCUT2D eigenvalue weighted by atomic mass is 32.2. The predicted octanol–water partition coefficient (Wildman–Crippen LogP) is 5.18. The van der Waals surface area contributed by atoms with Gasteiger partial charge in [0.25, 0.3) is 0 Å². The molecule has 1 saturated heterocycles. The zero-order valence-electron chi connectivity index (χ0n) is 23.6. The molecule has 43 heavy (non-hydrogen) atoms. The van der Waals surface area contributed by atoms with Crippen molar-refractivity contribution < 1.29 is 12.8 Å². The molecular formula is C32H30FN7O2S. The van der Waals surface area contributed by atoms with Gasteiger partial charge in [-0.2, -0.15) is 10.2 Å². The second-order valence-electron chi connectivity index (χ2n) is 10.6. The van der Waals surface area contributed by atoms with E-state index < -0.39 is 10.0 Å². The largest absolute Gasteiger partial charge is 0.367 e. The summed E-state index contributed by atoms with van der Waals surface area (Å²) in [5.41, 5.74) is 3.82. The summed E-state index contributed by atoms with van der Waals surface area (Å²) in [4.78, 5) is 13.6. The molecule has 3 aromatic carbocycles. The van der Waals surface area contributed by atoms with Crippen LogP contribution >= 0.6 is 0 Å². The molecule has 1 fully saturated rings. The molecule has 0 aliphatic carbocycles. The lowest BCUT2D eigenvalue weighted by molar-refractivity contribution is 0.311. The van der Waals surface area contributed by atoms with Gasteiger partial charge in [0, 0.05) is 49.0 Å². The van der Waals surface area contributed by atoms with Gasteiger partial charge >= 0.3 is 0 Å². The second kappa shape index (κ2) is 11.8. The molecule has 0 unspecified atom stereocenters. The van der Waals surface area contributed by atoms with Crippen LogP contribution in [0.15, 0.2) is 85.1 Å². The van der Waals surface area contributed by atoms with Crippen LogP contribution in [0.2, 0.25) is 0 Å². The van der Waals surface area contributed by atoms with Crippen LogP contribution in [0.4, 0.5) is 21.7 Å². The molecule has 1 aliphatic heterocycles. The van der Waals surface area contributed by atoms with E-state index >= 15 is 4.39 Å². The van der Waals surface area contributed by atoms with E-state index in [2.05, 4.69) is 28.3 Å². The normalized spacial score (nSPS) is 14.1. The fraction of sp³-hybridized carbons (Fsp3) is 0.219. The topological polar surface area (TPSA) is 107 Å². The quantitative estimate of drug-likeness (QED) is 0.262. The zero-order valence-corrected chi connectivity index (χ0v) is 24.4. The van der Waals surface area contributed by atoms with Crippen LogP contribution in [0, 0.1) is 17.1 Å². The van der Waals surface area contributed by atoms with Crippen molar-refractivity contribution in [3.8, 4) is 17.3 Å². The third-order valence-corrected chi connectivity index (χ3v) is 9.13. The molecule has 0 atom stereocenters. The number of halogens is 1. The molecule has 5 aromatic rings. The second-order valence-corrected chi connectivity index (χ2v) is 12.4. The van der Waals surface area contributed by atoms with Crippen LogP contribution in [0.1, 0.15) is 11.1 Å². The van der Waals surface area contributed by atoms with Gasteiger partial charge in [0.05, 0.1) is 29.6 Å². The van der Waals surface area contributed by atoms with Crippen LogP contribution in [0.3, 0.4) is 0 Å². The van der Waals surface area contributed by atoms with Crippen molar-refractivity contribution in [2.24, 2.45) is 0 Å². The van der Waals surface area contributed by atoms with E-state index in [0.717, 1.165) is 31.7 Å². The third-order valence-electron chi connectivity index (χ3n) is 7.53. The minimum Gasteiger partial charge on any atom is -0.367 e. The molecule has 1 N–H and O–H groups in total. The number of nitriles is 1. The number of nitrogens with zero attached hydrogens (tertiary/aromatic N) is 6. The molecule has 9 nitrogen and oxygen atoms in total. The monoisotopic (exact) mass is 595 g/mol. The van der Waals surface area contributed by atoms with Crippen LogP contribution in [-0.4, -0.2) is 60.5 Å². The molecule has 3 heterocycles. The molecular weight excluding hydrogens is 565 g/mol. The van der Waals surface area contributed by atoms with Crippen molar-refractivity contribution >= 4 is 38.4 Å². The summed E-state index contributed by atoms with van der Waals surface area (Å²) in [6, 6.07) is 25.1. The van der Waals surface area contributed by atoms with Gasteiger partial charge < -0.3 is 15.1 Å². The Morgan fingerprint density at radius 2 is 1.70 bits per heavy atom. The lowest BCUT2D eigenvalue weighted by atomic mass is 10.0. The van der Waals surface area contributed by atoms with Crippen LogP contribution in [0.25, 0.3) is 22.3 Å². The van der Waals surface area contributed by atoms with Gasteiger partial charge in [-0.1, -0.05) is 48.5 Å². The standard InChI is InChI=1S/C32H30FN7O2S/c1-38-16-18-39(19-17-38)29-11-10-26(21-28(29)33)35-32-36-30(25-9-5-8-23(20-25)12-14-34)27-13-15-40(31(27)37-32)43(41,42)22-24-6-3-2-4-7-24/h2-11,13,15,20-21H,12,16-19,22H2,1H3,(H,35,36,37). The molecule has 0 spiro atoms. The van der Waals surface area contributed by atoms with Crippen molar-refractivity contribution in [2.45, 2.75) is 12.2 Å². The highest BCUT2D eigenvalue weighted by Gasteiger charge is 2.22. The van der Waals surface area contributed by atoms with Gasteiger partial charge in [-0.15, -0.1) is 0 Å². The average molecular weight is 596 g/mol. The number of likely N-dealkylation sites (N-methyl/N-ethyl adjacent to an activating group) is 1. The maximum atomic E-state index is 15.3. The van der Waals surface area contributed by atoms with Gasteiger partial charge in [-0.3, -0.25) is 0 Å². The van der Waals surface area contributed by atoms with Crippen molar-refractivity contribution in [3.63, 3.8) is 0 Å². The summed E-state index contributed by atoms with van der Waals surface area (Å²) < 4.78 is 43.6. The molecule has 0 amide bonds. The fourth-order valence-electron chi connectivity index (χ4n) is 5.28. The molecule has 11 heteroatoms. The molecule has 0 bridgehead atoms. The number of hydrogen-bond acceptors (Lipinski definition) is 8. The molecule has 218 valence electrons. The van der Waals surface area contributed by atoms with E-state index in [1.807, 2.05) is 35.2 Å². The van der Waals surface area contributed by atoms with Crippen LogP contribution < -0.4 is 10.2 Å². The maximum absolute atomic E-state index is 15.3. The Morgan fingerprint density at radius 3 is 2.44 bits per heavy atom. The Hall–Kier alpha value is -4.79. The Labute approximate surface area is 249 Å². The number of piperazine rings is 1. The Bertz CT molecular complexity index is 1930. The van der Waals surface area contributed by atoms with Crippen molar-refractivity contribution in [2.75, 3.05) is 43.4 Å². The summed E-state index contributed by atoms with van der Waals surface area (Å²) in [6.45, 7) is 3.20. The third kappa shape index (κ3) is 6.07. The SMILES string of the molecule is CN1CCN(c2ccc(Nc3nc(-c4cccc(CC#N)c4)c4ccn(S(=O)(=O)Cc5ccccc5)c4n3)cc2F)CC1. The van der Waals surface area contributed by atoms with Gasteiger partial charge in [0.2, 0.25) is 16.0 Å². The molecule has 6 rings (SSSR count). The van der Waals surface area contributed by atoms with Gasteiger partial charge in [0.1, 0.15) is 5.82 Å². The number of rotatable bonds is 8. The minimum atomic E-state index is -3.84. The highest BCUT2D eigenvalue weighted by molar-refractivity contribution is 7.89. The Morgan fingerprint density at radius 1 is 0.930 bits per heavy atom. The Kier molecular flexibility index (Phi) is 7.80. The first-order valence-corrected chi connectivity index (χ1v) is 15.5. The van der Waals surface area contributed by atoms with Crippen molar-refractivity contribution in [3.05, 3.63) is 102 Å². The summed E-state index contributed by atoms with van der Waals surface area (Å²) in [6.07, 6.45) is 1.70. The van der Waals surface area contributed by atoms with Crippen molar-refractivity contribution in [1.29, 1.82) is 5.26 Å². The highest BCUT2D eigenvalue weighted by Crippen LogP contribution is 2.32. The summed E-state index contributed by atoms with van der Waals surface area (Å²) in [5.74, 6) is -0.459. The first-order chi connectivity index (χ1) is 20.8. The summed E-state index contributed by atoms with van der Waals surface area (Å²) in [5, 5.41) is 12.8. The van der Waals surface area contributed by atoms with E-state index in [4.69, 9.17) is 4.98 Å². The molecule has 0 radical (unpaired) electrons. The van der Waals surface area contributed by atoms with E-state index in [1.54, 1.807) is 42.5 Å². The van der Waals surface area contributed by atoms with Gasteiger partial charge in [-0.05, 0) is 48.5 Å². The number of fused-ring (bicyclic) bond motifs is 1. The summed E-state index contributed by atoms with van der Waals surface area (Å²) >= 11 is 0. The molecule has 2 aromatic heterocycles. The fourth-order valence-corrected chi connectivity index (χ4v) is 6.69. The first kappa shape index (κ1) is 28.3. The molecule has 0 saturated carbocycles. The zero-order chi connectivity index (χ0) is 30.0. The number of nitrogens with one attached hydrogen (secondary N) is 1. The number of benzene rings is 3. The smallest absolute Gasteiger partial charge is 0.244 e. The summed E-state index contributed by atoms with van der Waals surface area (Å²) in [7, 11) is -1.79. The maximum Gasteiger partial charge on any atom is 0.244 e. The predicted molar refractivity (Wildman–Crippen MR) is 166 cm³/mol. The lowest BCUT2D eigenvalue weighted by Gasteiger charge is -2.34. The Balaban J connectivity index is 1.41.